The number of carbonyl (C=O) groups is 1. The van der Waals surface area contributed by atoms with Crippen LogP contribution in [0.1, 0.15) is 12.5 Å². The minimum absolute atomic E-state index is 0.181. The Bertz CT molecular complexity index is 995. The molecule has 3 aromatic rings. The highest BCUT2D eigenvalue weighted by Gasteiger charge is 2.07. The van der Waals surface area contributed by atoms with Crippen LogP contribution in [0, 0.1) is 0 Å². The fraction of sp³-hybridized carbons (Fsp3) is 0.136. The van der Waals surface area contributed by atoms with E-state index < -0.39 is 0 Å². The third kappa shape index (κ3) is 4.20. The van der Waals surface area contributed by atoms with Crippen LogP contribution in [-0.4, -0.2) is 24.7 Å². The molecule has 0 bridgehead atoms. The highest BCUT2D eigenvalue weighted by molar-refractivity contribution is 6.08. The molecule has 0 saturated heterocycles. The van der Waals surface area contributed by atoms with Gasteiger partial charge in [-0.05, 0) is 42.8 Å². The van der Waals surface area contributed by atoms with E-state index in [9.17, 15) is 9.90 Å². The Morgan fingerprint density at radius 2 is 1.85 bits per heavy atom. The van der Waals surface area contributed by atoms with Crippen molar-refractivity contribution in [3.05, 3.63) is 66.2 Å². The number of benzene rings is 3. The zero-order chi connectivity index (χ0) is 19.2. The van der Waals surface area contributed by atoms with E-state index in [1.165, 1.54) is 6.08 Å². The minimum atomic E-state index is -0.265. The topological polar surface area (TPSA) is 67.8 Å². The van der Waals surface area contributed by atoms with Gasteiger partial charge in [-0.25, -0.2) is 0 Å². The maximum absolute atomic E-state index is 12.3. The second kappa shape index (κ2) is 8.27. The molecule has 0 radical (unpaired) electrons. The quantitative estimate of drug-likeness (QED) is 0.628. The van der Waals surface area contributed by atoms with Crippen LogP contribution < -0.4 is 14.8 Å². The van der Waals surface area contributed by atoms with E-state index in [2.05, 4.69) is 5.32 Å². The first kappa shape index (κ1) is 18.3. The zero-order valence-electron chi connectivity index (χ0n) is 15.2. The van der Waals surface area contributed by atoms with Crippen molar-refractivity contribution in [1.29, 1.82) is 0 Å². The highest BCUT2D eigenvalue weighted by atomic mass is 16.5. The van der Waals surface area contributed by atoms with E-state index in [4.69, 9.17) is 9.47 Å². The van der Waals surface area contributed by atoms with Gasteiger partial charge in [0.25, 0.3) is 0 Å². The molecule has 0 aromatic heterocycles. The number of methoxy groups -OCH3 is 1. The molecule has 3 rings (SSSR count). The van der Waals surface area contributed by atoms with Crippen LogP contribution in [0.3, 0.4) is 0 Å². The van der Waals surface area contributed by atoms with Crippen molar-refractivity contribution < 1.29 is 19.4 Å². The van der Waals surface area contributed by atoms with Crippen molar-refractivity contribution in [2.45, 2.75) is 6.92 Å². The van der Waals surface area contributed by atoms with Crippen LogP contribution in [0.4, 0.5) is 5.69 Å². The van der Waals surface area contributed by atoms with Crippen molar-refractivity contribution in [1.82, 2.24) is 0 Å². The Labute approximate surface area is 157 Å². The molecule has 0 aliphatic carbocycles. The lowest BCUT2D eigenvalue weighted by molar-refractivity contribution is -0.111. The van der Waals surface area contributed by atoms with E-state index in [1.807, 2.05) is 37.3 Å². The molecule has 0 spiro atoms. The van der Waals surface area contributed by atoms with Gasteiger partial charge in [0.15, 0.2) is 11.5 Å². The molecule has 2 N–H and O–H groups in total. The monoisotopic (exact) mass is 363 g/mol. The van der Waals surface area contributed by atoms with Crippen molar-refractivity contribution in [3.63, 3.8) is 0 Å². The van der Waals surface area contributed by atoms with Crippen molar-refractivity contribution >= 4 is 28.4 Å². The summed E-state index contributed by atoms with van der Waals surface area (Å²) in [7, 11) is 1.58. The van der Waals surface area contributed by atoms with Crippen LogP contribution in [-0.2, 0) is 4.79 Å². The Hall–Kier alpha value is -3.47. The van der Waals surface area contributed by atoms with Crippen LogP contribution in [0.5, 0.6) is 17.2 Å². The van der Waals surface area contributed by atoms with Gasteiger partial charge in [0.2, 0.25) is 5.91 Å². The molecule has 0 saturated carbocycles. The third-order valence-electron chi connectivity index (χ3n) is 4.07. The fourth-order valence-electron chi connectivity index (χ4n) is 2.81. The summed E-state index contributed by atoms with van der Waals surface area (Å²) < 4.78 is 10.8. The number of phenolic OH excluding ortho intramolecular Hbond substituents is 1. The number of ether oxygens (including phenoxy) is 2. The predicted molar refractivity (Wildman–Crippen MR) is 107 cm³/mol. The van der Waals surface area contributed by atoms with E-state index in [0.717, 1.165) is 10.9 Å². The van der Waals surface area contributed by atoms with Crippen molar-refractivity contribution in [3.8, 4) is 17.2 Å². The number of carbonyl (C=O) groups excluding carboxylic acids is 1. The molecule has 138 valence electrons. The second-order valence-corrected chi connectivity index (χ2v) is 5.84. The number of fused-ring (bicyclic) bond motifs is 1. The lowest BCUT2D eigenvalue weighted by Gasteiger charge is -2.10. The Morgan fingerprint density at radius 3 is 2.63 bits per heavy atom. The third-order valence-corrected chi connectivity index (χ3v) is 4.07. The SMILES string of the molecule is CCOc1ccc(/C=C/C(=O)Nc2cccc3c(O)cccc23)cc1OC. The molecular formula is C22H21NO4. The molecule has 0 heterocycles. The fourth-order valence-corrected chi connectivity index (χ4v) is 2.81. The molecule has 0 atom stereocenters. The average Bonchev–Trinajstić information content (AvgIpc) is 2.68. The first-order valence-electron chi connectivity index (χ1n) is 8.63. The molecule has 3 aromatic carbocycles. The van der Waals surface area contributed by atoms with E-state index >= 15 is 0 Å². The summed E-state index contributed by atoms with van der Waals surface area (Å²) in [4.78, 5) is 12.3. The van der Waals surface area contributed by atoms with Gasteiger partial charge in [-0.1, -0.05) is 30.3 Å². The predicted octanol–water partition coefficient (Wildman–Crippen LogP) is 4.60. The lowest BCUT2D eigenvalue weighted by atomic mass is 10.1. The number of hydrogen-bond donors (Lipinski definition) is 2. The highest BCUT2D eigenvalue weighted by Crippen LogP contribution is 2.30. The summed E-state index contributed by atoms with van der Waals surface area (Å²) in [5.41, 5.74) is 1.46. The van der Waals surface area contributed by atoms with Crippen LogP contribution >= 0.6 is 0 Å². The maximum Gasteiger partial charge on any atom is 0.248 e. The normalized spacial score (nSPS) is 10.9. The van der Waals surface area contributed by atoms with Gasteiger partial charge < -0.3 is 19.9 Å². The van der Waals surface area contributed by atoms with Gasteiger partial charge in [-0.15, -0.1) is 0 Å². The van der Waals surface area contributed by atoms with E-state index in [1.54, 1.807) is 37.5 Å². The smallest absolute Gasteiger partial charge is 0.248 e. The van der Waals surface area contributed by atoms with Gasteiger partial charge in [-0.3, -0.25) is 4.79 Å². The molecule has 0 fully saturated rings. The second-order valence-electron chi connectivity index (χ2n) is 5.84. The first-order valence-corrected chi connectivity index (χ1v) is 8.63. The first-order chi connectivity index (χ1) is 13.1. The summed E-state index contributed by atoms with van der Waals surface area (Å²) in [6.45, 7) is 2.46. The van der Waals surface area contributed by atoms with Crippen LogP contribution in [0.25, 0.3) is 16.8 Å². The Kier molecular flexibility index (Phi) is 5.61. The molecule has 27 heavy (non-hydrogen) atoms. The van der Waals surface area contributed by atoms with Crippen LogP contribution in [0.15, 0.2) is 60.7 Å². The van der Waals surface area contributed by atoms with Gasteiger partial charge in [0.05, 0.1) is 13.7 Å². The van der Waals surface area contributed by atoms with Crippen molar-refractivity contribution in [2.75, 3.05) is 19.0 Å². The summed E-state index contributed by atoms with van der Waals surface area (Å²) in [5.74, 6) is 1.19. The summed E-state index contributed by atoms with van der Waals surface area (Å²) in [6.07, 6.45) is 3.16. The lowest BCUT2D eigenvalue weighted by Crippen LogP contribution is -2.08. The van der Waals surface area contributed by atoms with Crippen LogP contribution in [0.2, 0.25) is 0 Å². The number of phenols is 1. The maximum atomic E-state index is 12.3. The largest absolute Gasteiger partial charge is 0.507 e. The summed E-state index contributed by atoms with van der Waals surface area (Å²) >= 11 is 0. The zero-order valence-corrected chi connectivity index (χ0v) is 15.2. The van der Waals surface area contributed by atoms with Gasteiger partial charge in [-0.2, -0.15) is 0 Å². The average molecular weight is 363 g/mol. The Balaban J connectivity index is 1.77. The molecule has 0 aliphatic heterocycles. The molecule has 5 nitrogen and oxygen atoms in total. The molecule has 0 aliphatic rings. The van der Waals surface area contributed by atoms with E-state index in [-0.39, 0.29) is 11.7 Å². The number of rotatable bonds is 6. The molecular weight excluding hydrogens is 342 g/mol. The number of nitrogens with one attached hydrogen (secondary N) is 1. The standard InChI is InChI=1S/C22H21NO4/c1-3-27-20-12-10-15(14-21(20)26-2)11-13-22(25)23-18-8-4-7-17-16(18)6-5-9-19(17)24/h4-14,24H,3H2,1-2H3,(H,23,25)/b13-11+. The Morgan fingerprint density at radius 1 is 1.07 bits per heavy atom. The number of aromatic hydroxyl groups is 1. The number of hydrogen-bond acceptors (Lipinski definition) is 4. The number of amides is 1. The molecule has 1 amide bonds. The van der Waals surface area contributed by atoms with Gasteiger partial charge >= 0.3 is 0 Å². The number of anilines is 1. The summed E-state index contributed by atoms with van der Waals surface area (Å²) in [5, 5.41) is 14.3. The minimum Gasteiger partial charge on any atom is -0.507 e. The van der Waals surface area contributed by atoms with Gasteiger partial charge in [0.1, 0.15) is 5.75 Å². The van der Waals surface area contributed by atoms with E-state index in [0.29, 0.717) is 29.2 Å². The van der Waals surface area contributed by atoms with Crippen molar-refractivity contribution in [2.24, 2.45) is 0 Å². The summed E-state index contributed by atoms with van der Waals surface area (Å²) in [6, 6.07) is 16.1. The molecule has 5 heteroatoms. The van der Waals surface area contributed by atoms with Gasteiger partial charge in [0, 0.05) is 22.5 Å². The molecule has 0 unspecified atom stereocenters.